The van der Waals surface area contributed by atoms with Gasteiger partial charge < -0.3 is 4.74 Å². The Balaban J connectivity index is 2.23. The van der Waals surface area contributed by atoms with E-state index in [0.29, 0.717) is 30.2 Å². The third kappa shape index (κ3) is 4.79. The SMILES string of the molecule is CCC(=O)CCCOc1cncc(Cl)c1. The molecule has 1 heterocycles. The molecule has 0 aliphatic rings. The molecule has 82 valence electrons. The van der Waals surface area contributed by atoms with E-state index in [1.54, 1.807) is 18.5 Å². The van der Waals surface area contributed by atoms with Crippen molar-refractivity contribution in [2.45, 2.75) is 26.2 Å². The van der Waals surface area contributed by atoms with E-state index in [1.807, 2.05) is 6.92 Å². The molecule has 0 aliphatic heterocycles. The van der Waals surface area contributed by atoms with Crippen LogP contribution in [0.25, 0.3) is 0 Å². The van der Waals surface area contributed by atoms with Crippen LogP contribution in [-0.4, -0.2) is 17.4 Å². The van der Waals surface area contributed by atoms with E-state index in [4.69, 9.17) is 16.3 Å². The van der Waals surface area contributed by atoms with Crippen molar-refractivity contribution >= 4 is 17.4 Å². The Morgan fingerprint density at radius 1 is 1.53 bits per heavy atom. The number of carbonyl (C=O) groups excluding carboxylic acids is 1. The fourth-order valence-electron chi connectivity index (χ4n) is 1.11. The second-order valence-electron chi connectivity index (χ2n) is 3.18. The third-order valence-corrected chi connectivity index (χ3v) is 2.15. The maximum absolute atomic E-state index is 11.0. The molecular weight excluding hydrogens is 214 g/mol. The van der Waals surface area contributed by atoms with Crippen molar-refractivity contribution in [1.29, 1.82) is 0 Å². The summed E-state index contributed by atoms with van der Waals surface area (Å²) in [6.07, 6.45) is 5.06. The molecule has 15 heavy (non-hydrogen) atoms. The third-order valence-electron chi connectivity index (χ3n) is 1.94. The highest BCUT2D eigenvalue weighted by Gasteiger charge is 1.99. The number of hydrogen-bond acceptors (Lipinski definition) is 3. The van der Waals surface area contributed by atoms with Gasteiger partial charge in [0.1, 0.15) is 11.5 Å². The molecule has 4 heteroatoms. The normalized spacial score (nSPS) is 10.0. The number of ketones is 1. The minimum Gasteiger partial charge on any atom is -0.492 e. The maximum Gasteiger partial charge on any atom is 0.139 e. The molecule has 0 spiro atoms. The van der Waals surface area contributed by atoms with E-state index in [0.717, 1.165) is 6.42 Å². The Bertz CT molecular complexity index is 328. The molecule has 0 unspecified atom stereocenters. The van der Waals surface area contributed by atoms with Gasteiger partial charge in [-0.25, -0.2) is 0 Å². The molecule has 0 saturated carbocycles. The Morgan fingerprint density at radius 3 is 3.00 bits per heavy atom. The van der Waals surface area contributed by atoms with E-state index >= 15 is 0 Å². The fourth-order valence-corrected chi connectivity index (χ4v) is 1.27. The molecule has 1 aromatic rings. The smallest absolute Gasteiger partial charge is 0.139 e. The van der Waals surface area contributed by atoms with Gasteiger partial charge in [0.2, 0.25) is 0 Å². The van der Waals surface area contributed by atoms with Crippen molar-refractivity contribution < 1.29 is 9.53 Å². The Kier molecular flexibility index (Phi) is 5.12. The van der Waals surface area contributed by atoms with Gasteiger partial charge in [0.25, 0.3) is 0 Å². The summed E-state index contributed by atoms with van der Waals surface area (Å²) in [6.45, 7) is 2.39. The van der Waals surface area contributed by atoms with Gasteiger partial charge in [0.05, 0.1) is 17.8 Å². The lowest BCUT2D eigenvalue weighted by molar-refractivity contribution is -0.118. The van der Waals surface area contributed by atoms with E-state index in [2.05, 4.69) is 4.98 Å². The van der Waals surface area contributed by atoms with Gasteiger partial charge in [-0.2, -0.15) is 0 Å². The molecular formula is C11H14ClNO2. The molecule has 0 atom stereocenters. The van der Waals surface area contributed by atoms with Crippen molar-refractivity contribution in [2.75, 3.05) is 6.61 Å². The van der Waals surface area contributed by atoms with Gasteiger partial charge in [-0.1, -0.05) is 18.5 Å². The lowest BCUT2D eigenvalue weighted by atomic mass is 10.2. The number of carbonyl (C=O) groups is 1. The minimum atomic E-state index is 0.266. The molecule has 0 saturated heterocycles. The van der Waals surface area contributed by atoms with Crippen LogP contribution in [0.15, 0.2) is 18.5 Å². The van der Waals surface area contributed by atoms with E-state index in [9.17, 15) is 4.79 Å². The first-order valence-electron chi connectivity index (χ1n) is 4.97. The van der Waals surface area contributed by atoms with Gasteiger partial charge in [0.15, 0.2) is 0 Å². The predicted octanol–water partition coefficient (Wildman–Crippen LogP) is 2.87. The van der Waals surface area contributed by atoms with Crippen LogP contribution < -0.4 is 4.74 Å². The van der Waals surface area contributed by atoms with Crippen molar-refractivity contribution in [2.24, 2.45) is 0 Å². The zero-order valence-electron chi connectivity index (χ0n) is 8.70. The summed E-state index contributed by atoms with van der Waals surface area (Å²) in [5.74, 6) is 0.911. The molecule has 0 aliphatic carbocycles. The number of Topliss-reactive ketones (excluding diaryl/α,β-unsaturated/α-hetero) is 1. The second-order valence-corrected chi connectivity index (χ2v) is 3.62. The predicted molar refractivity (Wildman–Crippen MR) is 59.3 cm³/mol. The lowest BCUT2D eigenvalue weighted by Gasteiger charge is -2.04. The number of aromatic nitrogens is 1. The second kappa shape index (κ2) is 6.40. The monoisotopic (exact) mass is 227 g/mol. The van der Waals surface area contributed by atoms with E-state index in [-0.39, 0.29) is 5.78 Å². The summed E-state index contributed by atoms with van der Waals surface area (Å²) < 4.78 is 5.38. The van der Waals surface area contributed by atoms with Crippen LogP contribution in [-0.2, 0) is 4.79 Å². The fraction of sp³-hybridized carbons (Fsp3) is 0.455. The number of ether oxygens (including phenoxy) is 1. The first-order valence-corrected chi connectivity index (χ1v) is 5.35. The van der Waals surface area contributed by atoms with Gasteiger partial charge in [-0.05, 0) is 6.42 Å². The number of nitrogens with zero attached hydrogens (tertiary/aromatic N) is 1. The number of hydrogen-bond donors (Lipinski definition) is 0. The molecule has 3 nitrogen and oxygen atoms in total. The average Bonchev–Trinajstić information content (AvgIpc) is 2.24. The van der Waals surface area contributed by atoms with Crippen LogP contribution in [0.5, 0.6) is 5.75 Å². The van der Waals surface area contributed by atoms with Crippen LogP contribution in [0, 0.1) is 0 Å². The summed E-state index contributed by atoms with van der Waals surface area (Å²) >= 11 is 5.73. The number of rotatable bonds is 6. The summed E-state index contributed by atoms with van der Waals surface area (Å²) in [5.41, 5.74) is 0. The van der Waals surface area contributed by atoms with E-state index in [1.165, 1.54) is 0 Å². The molecule has 0 bridgehead atoms. The van der Waals surface area contributed by atoms with Crippen LogP contribution in [0.3, 0.4) is 0 Å². The van der Waals surface area contributed by atoms with Crippen LogP contribution in [0.4, 0.5) is 0 Å². The summed E-state index contributed by atoms with van der Waals surface area (Å²) in [6, 6.07) is 1.70. The molecule has 0 fully saturated rings. The molecule has 0 aromatic carbocycles. The van der Waals surface area contributed by atoms with Crippen LogP contribution in [0.2, 0.25) is 5.02 Å². The lowest BCUT2D eigenvalue weighted by Crippen LogP contribution is -2.02. The maximum atomic E-state index is 11.0. The zero-order valence-corrected chi connectivity index (χ0v) is 9.46. The largest absolute Gasteiger partial charge is 0.492 e. The van der Waals surface area contributed by atoms with Crippen molar-refractivity contribution in [3.05, 3.63) is 23.5 Å². The van der Waals surface area contributed by atoms with Gasteiger partial charge >= 0.3 is 0 Å². The summed E-state index contributed by atoms with van der Waals surface area (Å²) in [4.78, 5) is 14.9. The van der Waals surface area contributed by atoms with Gasteiger partial charge in [-0.3, -0.25) is 9.78 Å². The highest BCUT2D eigenvalue weighted by atomic mass is 35.5. The Morgan fingerprint density at radius 2 is 2.33 bits per heavy atom. The van der Waals surface area contributed by atoms with Crippen LogP contribution in [0.1, 0.15) is 26.2 Å². The highest BCUT2D eigenvalue weighted by molar-refractivity contribution is 6.30. The first kappa shape index (κ1) is 12.0. The van der Waals surface area contributed by atoms with Gasteiger partial charge in [-0.15, -0.1) is 0 Å². The number of halogens is 1. The van der Waals surface area contributed by atoms with Crippen molar-refractivity contribution in [1.82, 2.24) is 4.98 Å². The van der Waals surface area contributed by atoms with Gasteiger partial charge in [0, 0.05) is 25.1 Å². The topological polar surface area (TPSA) is 39.2 Å². The summed E-state index contributed by atoms with van der Waals surface area (Å²) in [5, 5.41) is 0.553. The Hall–Kier alpha value is -1.09. The first-order chi connectivity index (χ1) is 7.22. The molecule has 0 amide bonds. The van der Waals surface area contributed by atoms with Crippen LogP contribution >= 0.6 is 11.6 Å². The highest BCUT2D eigenvalue weighted by Crippen LogP contribution is 2.15. The molecule has 0 N–H and O–H groups in total. The zero-order chi connectivity index (χ0) is 11.1. The molecule has 1 rings (SSSR count). The molecule has 0 radical (unpaired) electrons. The minimum absolute atomic E-state index is 0.266. The van der Waals surface area contributed by atoms with Crippen molar-refractivity contribution in [3.8, 4) is 5.75 Å². The average molecular weight is 228 g/mol. The number of pyridine rings is 1. The standard InChI is InChI=1S/C11H14ClNO2/c1-2-10(14)4-3-5-15-11-6-9(12)7-13-8-11/h6-8H,2-5H2,1H3. The van der Waals surface area contributed by atoms with Crippen molar-refractivity contribution in [3.63, 3.8) is 0 Å². The quantitative estimate of drug-likeness (QED) is 0.702. The Labute approximate surface area is 94.4 Å². The van der Waals surface area contributed by atoms with E-state index < -0.39 is 0 Å². The molecule has 1 aromatic heterocycles. The summed E-state index contributed by atoms with van der Waals surface area (Å²) in [7, 11) is 0.